The number of hydrogen-bond donors (Lipinski definition) is 3. The number of hydrogen-bond acceptors (Lipinski definition) is 7. The Morgan fingerprint density at radius 1 is 0.627 bits per heavy atom. The van der Waals surface area contributed by atoms with Crippen molar-refractivity contribution in [2.45, 2.75) is 161 Å². The first kappa shape index (κ1) is 48.7. The Labute approximate surface area is 310 Å². The van der Waals surface area contributed by atoms with E-state index in [9.17, 15) is 24.2 Å². The summed E-state index contributed by atoms with van der Waals surface area (Å²) in [4.78, 5) is 33.8. The van der Waals surface area contributed by atoms with Crippen LogP contribution in [0.1, 0.15) is 155 Å². The number of carbonyl (C=O) groups excluding carboxylic acids is 2. The first-order valence-corrected chi connectivity index (χ1v) is 21.3. The molecule has 0 aliphatic heterocycles. The molecule has 294 valence electrons. The Morgan fingerprint density at radius 3 is 1.69 bits per heavy atom. The first-order valence-electron chi connectivity index (χ1n) is 19.8. The second-order valence-electron chi connectivity index (χ2n) is 12.9. The van der Waals surface area contributed by atoms with E-state index in [-0.39, 0.29) is 32.1 Å². The molecule has 9 nitrogen and oxygen atoms in total. The number of esters is 1. The minimum Gasteiger partial charge on any atom is -0.463 e. The van der Waals surface area contributed by atoms with Crippen LogP contribution in [0.3, 0.4) is 0 Å². The molecule has 0 spiro atoms. The van der Waals surface area contributed by atoms with Gasteiger partial charge in [0, 0.05) is 19.4 Å². The van der Waals surface area contributed by atoms with Gasteiger partial charge in [-0.1, -0.05) is 132 Å². The van der Waals surface area contributed by atoms with Crippen molar-refractivity contribution < 1.29 is 37.9 Å². The topological polar surface area (TPSA) is 131 Å². The largest absolute Gasteiger partial charge is 0.472 e. The molecule has 0 saturated heterocycles. The molecule has 1 amide bonds. The van der Waals surface area contributed by atoms with Gasteiger partial charge in [-0.2, -0.15) is 0 Å². The zero-order chi connectivity index (χ0) is 37.5. The van der Waals surface area contributed by atoms with Gasteiger partial charge in [0.15, 0.2) is 0 Å². The van der Waals surface area contributed by atoms with Crippen LogP contribution < -0.4 is 5.32 Å². The van der Waals surface area contributed by atoms with Crippen molar-refractivity contribution in [1.82, 2.24) is 5.32 Å². The maximum atomic E-state index is 12.1. The predicted molar refractivity (Wildman–Crippen MR) is 210 cm³/mol. The fourth-order valence-electron chi connectivity index (χ4n) is 4.96. The Kier molecular flexibility index (Phi) is 35.8. The minimum absolute atomic E-state index is 0.0714. The number of phosphoric acid groups is 1. The van der Waals surface area contributed by atoms with E-state index in [2.05, 4.69) is 79.9 Å². The first-order chi connectivity index (χ1) is 24.8. The van der Waals surface area contributed by atoms with Crippen molar-refractivity contribution >= 4 is 19.7 Å². The smallest absolute Gasteiger partial charge is 0.463 e. The van der Waals surface area contributed by atoms with E-state index in [1.165, 1.54) is 32.1 Å². The molecule has 2 atom stereocenters. The molecule has 0 aromatic carbocycles. The number of ether oxygens (including phenoxy) is 1. The van der Waals surface area contributed by atoms with Crippen molar-refractivity contribution in [2.24, 2.45) is 0 Å². The Bertz CT molecular complexity index is 1020. The van der Waals surface area contributed by atoms with E-state index >= 15 is 0 Å². The molecular formula is C41H72NO8P. The van der Waals surface area contributed by atoms with E-state index < -0.39 is 26.5 Å². The number of nitrogens with one attached hydrogen (secondary N) is 1. The highest BCUT2D eigenvalue weighted by Crippen LogP contribution is 2.42. The highest BCUT2D eigenvalue weighted by molar-refractivity contribution is 7.47. The van der Waals surface area contributed by atoms with Crippen LogP contribution >= 0.6 is 7.82 Å². The summed E-state index contributed by atoms with van der Waals surface area (Å²) in [5.41, 5.74) is 0. The van der Waals surface area contributed by atoms with Gasteiger partial charge in [0.05, 0.1) is 13.2 Å². The third-order valence-corrected chi connectivity index (χ3v) is 8.90. The fraction of sp³-hybridized carbons (Fsp3) is 0.707. The molecule has 0 aromatic heterocycles. The van der Waals surface area contributed by atoms with E-state index in [0.717, 1.165) is 96.3 Å². The molecule has 51 heavy (non-hydrogen) atoms. The number of aliphatic hydroxyl groups is 1. The number of amides is 1. The Hall–Kier alpha value is -2.29. The van der Waals surface area contributed by atoms with Crippen molar-refractivity contribution in [2.75, 3.05) is 26.4 Å². The summed E-state index contributed by atoms with van der Waals surface area (Å²) in [6, 6.07) is 0. The monoisotopic (exact) mass is 737 g/mol. The second kappa shape index (κ2) is 37.5. The van der Waals surface area contributed by atoms with Gasteiger partial charge in [-0.25, -0.2) is 4.57 Å². The lowest BCUT2D eigenvalue weighted by atomic mass is 10.1. The number of rotatable bonds is 36. The average Bonchev–Trinajstić information content (AvgIpc) is 3.11. The van der Waals surface area contributed by atoms with E-state index in [0.29, 0.717) is 6.42 Å². The van der Waals surface area contributed by atoms with Gasteiger partial charge in [0.1, 0.15) is 12.7 Å². The average molecular weight is 738 g/mol. The molecule has 0 aromatic rings. The third kappa shape index (κ3) is 38.8. The molecule has 0 radical (unpaired) electrons. The lowest BCUT2D eigenvalue weighted by Gasteiger charge is -2.15. The van der Waals surface area contributed by atoms with Crippen LogP contribution in [-0.2, 0) is 27.9 Å². The predicted octanol–water partition coefficient (Wildman–Crippen LogP) is 10.5. The fourth-order valence-corrected chi connectivity index (χ4v) is 5.72. The molecule has 3 N–H and O–H groups in total. The van der Waals surface area contributed by atoms with E-state index in [1.54, 1.807) is 0 Å². The third-order valence-electron chi connectivity index (χ3n) is 7.91. The molecule has 0 aliphatic rings. The van der Waals surface area contributed by atoms with Crippen molar-refractivity contribution in [3.05, 3.63) is 60.8 Å². The van der Waals surface area contributed by atoms with Crippen molar-refractivity contribution in [3.63, 3.8) is 0 Å². The number of carbonyl (C=O) groups is 2. The maximum Gasteiger partial charge on any atom is 0.472 e. The molecule has 0 bridgehead atoms. The summed E-state index contributed by atoms with van der Waals surface area (Å²) in [6.45, 7) is 3.33. The van der Waals surface area contributed by atoms with Gasteiger partial charge in [-0.05, 0) is 70.6 Å². The summed E-state index contributed by atoms with van der Waals surface area (Å²) < 4.78 is 26.8. The number of unbranched alkanes of at least 4 members (excludes halogenated alkanes) is 13. The van der Waals surface area contributed by atoms with Crippen molar-refractivity contribution in [1.29, 1.82) is 0 Å². The molecule has 0 saturated carbocycles. The molecule has 0 fully saturated rings. The van der Waals surface area contributed by atoms with Crippen LogP contribution in [0, 0.1) is 0 Å². The SMILES string of the molecule is CC/C=C\C/C=C\C/C=C\CCCCCCCCCC(=O)NCCOP(=O)(O)OCC(O)COC(=O)CCCCCCC/C=C\C/C=C\CCC. The van der Waals surface area contributed by atoms with Gasteiger partial charge in [-0.3, -0.25) is 18.6 Å². The number of allylic oxidation sites excluding steroid dienone is 10. The molecular weight excluding hydrogens is 665 g/mol. The minimum atomic E-state index is -4.42. The summed E-state index contributed by atoms with van der Waals surface area (Å²) in [5, 5.41) is 12.6. The molecule has 10 heteroatoms. The zero-order valence-electron chi connectivity index (χ0n) is 32.0. The standard InChI is InChI=1S/C41H72NO8P/c1-3-5-7-9-11-13-15-17-18-19-20-22-23-25-27-29-31-33-40(44)42-35-36-49-51(46,47)50-38-39(43)37-48-41(45)34-32-30-28-26-24-21-16-14-12-10-8-6-4-2/h5,7-8,10-11,13-14,16-18,39,43H,3-4,6,9,12,15,19-38H2,1-2H3,(H,42,44)(H,46,47)/b7-5-,10-8-,13-11-,16-14-,18-17-. The molecule has 0 aliphatic carbocycles. The normalized spacial score (nSPS) is 14.0. The quantitative estimate of drug-likeness (QED) is 0.0251. The van der Waals surface area contributed by atoms with E-state index in [4.69, 9.17) is 13.8 Å². The van der Waals surface area contributed by atoms with Crippen LogP contribution in [0.2, 0.25) is 0 Å². The number of phosphoric ester groups is 1. The lowest BCUT2D eigenvalue weighted by Crippen LogP contribution is -2.27. The van der Waals surface area contributed by atoms with Crippen LogP contribution in [0.25, 0.3) is 0 Å². The Balaban J connectivity index is 3.65. The van der Waals surface area contributed by atoms with Gasteiger partial charge < -0.3 is 20.1 Å². The summed E-state index contributed by atoms with van der Waals surface area (Å²) in [7, 11) is -4.42. The van der Waals surface area contributed by atoms with Crippen LogP contribution in [0.15, 0.2) is 60.8 Å². The Morgan fingerprint density at radius 2 is 1.12 bits per heavy atom. The van der Waals surface area contributed by atoms with E-state index in [1.807, 2.05) is 0 Å². The zero-order valence-corrected chi connectivity index (χ0v) is 32.9. The van der Waals surface area contributed by atoms with Gasteiger partial charge in [0.25, 0.3) is 0 Å². The van der Waals surface area contributed by atoms with Crippen molar-refractivity contribution in [3.8, 4) is 0 Å². The molecule has 0 heterocycles. The second-order valence-corrected chi connectivity index (χ2v) is 14.3. The van der Waals surface area contributed by atoms with Gasteiger partial charge in [0.2, 0.25) is 5.91 Å². The highest BCUT2D eigenvalue weighted by atomic mass is 31.2. The van der Waals surface area contributed by atoms with Crippen LogP contribution in [-0.4, -0.2) is 54.3 Å². The summed E-state index contributed by atoms with van der Waals surface area (Å²) in [6.07, 6.45) is 42.9. The molecule has 2 unspecified atom stereocenters. The van der Waals surface area contributed by atoms with Gasteiger partial charge >= 0.3 is 13.8 Å². The summed E-state index contributed by atoms with van der Waals surface area (Å²) in [5.74, 6) is -0.546. The summed E-state index contributed by atoms with van der Waals surface area (Å²) >= 11 is 0. The van der Waals surface area contributed by atoms with Gasteiger partial charge in [-0.15, -0.1) is 0 Å². The maximum absolute atomic E-state index is 12.1. The highest BCUT2D eigenvalue weighted by Gasteiger charge is 2.23. The number of aliphatic hydroxyl groups excluding tert-OH is 1. The van der Waals surface area contributed by atoms with Crippen LogP contribution in [0.5, 0.6) is 0 Å². The lowest BCUT2D eigenvalue weighted by molar-refractivity contribution is -0.147. The molecule has 0 rings (SSSR count). The van der Waals surface area contributed by atoms with Crippen LogP contribution in [0.4, 0.5) is 0 Å².